The Morgan fingerprint density at radius 3 is 3.29 bits per heavy atom. The lowest BCUT2D eigenvalue weighted by Crippen LogP contribution is -2.42. The van der Waals surface area contributed by atoms with Crippen LogP contribution >= 0.6 is 11.6 Å². The highest BCUT2D eigenvalue weighted by molar-refractivity contribution is 6.27. The molecule has 0 spiro atoms. The van der Waals surface area contributed by atoms with Gasteiger partial charge in [0, 0.05) is 25.2 Å². The van der Waals surface area contributed by atoms with Gasteiger partial charge in [-0.3, -0.25) is 4.79 Å². The van der Waals surface area contributed by atoms with Gasteiger partial charge in [-0.05, 0) is 18.9 Å². The third-order valence-electron chi connectivity index (χ3n) is 3.76. The van der Waals surface area contributed by atoms with Gasteiger partial charge < -0.3 is 14.6 Å². The number of nitrogens with zero attached hydrogens (tertiary/aromatic N) is 3. The van der Waals surface area contributed by atoms with Crippen LogP contribution in [-0.4, -0.2) is 51.3 Å². The van der Waals surface area contributed by atoms with E-state index >= 15 is 0 Å². The highest BCUT2D eigenvalue weighted by Crippen LogP contribution is 2.22. The van der Waals surface area contributed by atoms with Crippen LogP contribution in [-0.2, 0) is 4.79 Å². The molecule has 0 aliphatic carbocycles. The highest BCUT2D eigenvalue weighted by Gasteiger charge is 2.23. The van der Waals surface area contributed by atoms with Crippen molar-refractivity contribution in [2.45, 2.75) is 12.8 Å². The van der Waals surface area contributed by atoms with Crippen molar-refractivity contribution >= 4 is 28.5 Å². The summed E-state index contributed by atoms with van der Waals surface area (Å²) in [6, 6.07) is 1.90. The van der Waals surface area contributed by atoms with Crippen LogP contribution < -0.4 is 4.74 Å². The zero-order valence-corrected chi connectivity index (χ0v) is 12.3. The van der Waals surface area contributed by atoms with Crippen LogP contribution in [0.2, 0.25) is 0 Å². The van der Waals surface area contributed by atoms with E-state index in [1.807, 2.05) is 17.2 Å². The Labute approximate surface area is 127 Å². The summed E-state index contributed by atoms with van der Waals surface area (Å²) in [7, 11) is 0. The largest absolute Gasteiger partial charge is 0.477 e. The van der Waals surface area contributed by atoms with E-state index in [2.05, 4.69) is 15.0 Å². The topological polar surface area (TPSA) is 71.1 Å². The van der Waals surface area contributed by atoms with Crippen molar-refractivity contribution in [3.05, 3.63) is 18.6 Å². The number of alkyl halides is 1. The van der Waals surface area contributed by atoms with Crippen molar-refractivity contribution < 1.29 is 9.53 Å². The molecule has 1 saturated heterocycles. The lowest BCUT2D eigenvalue weighted by molar-refractivity contribution is -0.130. The van der Waals surface area contributed by atoms with Crippen molar-refractivity contribution in [3.63, 3.8) is 0 Å². The number of fused-ring (bicyclic) bond motifs is 1. The van der Waals surface area contributed by atoms with Crippen molar-refractivity contribution in [3.8, 4) is 5.88 Å². The van der Waals surface area contributed by atoms with E-state index in [9.17, 15) is 4.79 Å². The maximum Gasteiger partial charge on any atom is 0.237 e. The number of hydrogen-bond donors (Lipinski definition) is 1. The van der Waals surface area contributed by atoms with Crippen molar-refractivity contribution in [1.82, 2.24) is 19.9 Å². The number of H-pyrrole nitrogens is 1. The van der Waals surface area contributed by atoms with Crippen LogP contribution in [0.1, 0.15) is 12.8 Å². The summed E-state index contributed by atoms with van der Waals surface area (Å²) in [5.41, 5.74) is 0.766. The van der Waals surface area contributed by atoms with Gasteiger partial charge in [-0.15, -0.1) is 11.6 Å². The maximum atomic E-state index is 11.7. The number of nitrogens with one attached hydrogen (secondary N) is 1. The SMILES string of the molecule is O=C(CCl)N1CCCC(COc2ncnc3[nH]ccc23)C1. The standard InChI is InChI=1S/C14H17ClN4O2/c15-6-12(20)19-5-1-2-10(7-19)8-21-14-11-3-4-16-13(11)17-9-18-14/h3-4,9-10H,1-2,5-8H2,(H,16,17,18). The number of likely N-dealkylation sites (tertiary alicyclic amines) is 1. The number of hydrogen-bond acceptors (Lipinski definition) is 4. The predicted octanol–water partition coefficient (Wildman–Crippen LogP) is 1.81. The predicted molar refractivity (Wildman–Crippen MR) is 79.4 cm³/mol. The molecule has 1 aliphatic rings. The summed E-state index contributed by atoms with van der Waals surface area (Å²) in [6.07, 6.45) is 5.33. The van der Waals surface area contributed by atoms with Crippen LogP contribution in [0.5, 0.6) is 5.88 Å². The Hall–Kier alpha value is -1.82. The third-order valence-corrected chi connectivity index (χ3v) is 3.99. The smallest absolute Gasteiger partial charge is 0.237 e. The van der Waals surface area contributed by atoms with Crippen LogP contribution in [0.15, 0.2) is 18.6 Å². The summed E-state index contributed by atoms with van der Waals surface area (Å²) >= 11 is 5.62. The number of halogens is 1. The number of ether oxygens (including phenoxy) is 1. The summed E-state index contributed by atoms with van der Waals surface area (Å²) in [6.45, 7) is 2.04. The molecule has 7 heteroatoms. The first kappa shape index (κ1) is 14.1. The molecule has 1 N–H and O–H groups in total. The average molecular weight is 309 g/mol. The van der Waals surface area contributed by atoms with Gasteiger partial charge in [-0.25, -0.2) is 9.97 Å². The maximum absolute atomic E-state index is 11.7. The molecule has 1 atom stereocenters. The number of rotatable bonds is 4. The zero-order valence-electron chi connectivity index (χ0n) is 11.6. The van der Waals surface area contributed by atoms with E-state index in [-0.39, 0.29) is 11.8 Å². The Morgan fingerprint density at radius 2 is 2.43 bits per heavy atom. The van der Waals surface area contributed by atoms with Gasteiger partial charge in [0.25, 0.3) is 0 Å². The van der Waals surface area contributed by atoms with Crippen molar-refractivity contribution in [2.75, 3.05) is 25.6 Å². The van der Waals surface area contributed by atoms with Crippen molar-refractivity contribution in [2.24, 2.45) is 5.92 Å². The summed E-state index contributed by atoms with van der Waals surface area (Å²) in [4.78, 5) is 24.8. The van der Waals surface area contributed by atoms with E-state index in [1.54, 1.807) is 0 Å². The van der Waals surface area contributed by atoms with Crippen LogP contribution in [0, 0.1) is 5.92 Å². The second-order valence-electron chi connectivity index (χ2n) is 5.21. The molecule has 2 aromatic heterocycles. The van der Waals surface area contributed by atoms with Crippen LogP contribution in [0.4, 0.5) is 0 Å². The molecule has 112 valence electrons. The Bertz CT molecular complexity index is 630. The van der Waals surface area contributed by atoms with Gasteiger partial charge in [-0.1, -0.05) is 0 Å². The molecule has 0 saturated carbocycles. The van der Waals surface area contributed by atoms with Gasteiger partial charge in [0.1, 0.15) is 17.9 Å². The molecule has 0 radical (unpaired) electrons. The molecule has 0 bridgehead atoms. The Morgan fingerprint density at radius 1 is 1.52 bits per heavy atom. The lowest BCUT2D eigenvalue weighted by atomic mass is 9.99. The molecule has 1 unspecified atom stereocenters. The summed E-state index contributed by atoms with van der Waals surface area (Å²) < 4.78 is 5.84. The average Bonchev–Trinajstić information content (AvgIpc) is 3.01. The Kier molecular flexibility index (Phi) is 4.24. The van der Waals surface area contributed by atoms with Gasteiger partial charge in [0.05, 0.1) is 12.0 Å². The number of carbonyl (C=O) groups is 1. The fourth-order valence-electron chi connectivity index (χ4n) is 2.67. The fourth-order valence-corrected chi connectivity index (χ4v) is 2.84. The molecule has 1 amide bonds. The molecular weight excluding hydrogens is 292 g/mol. The van der Waals surface area contributed by atoms with Gasteiger partial charge >= 0.3 is 0 Å². The fraction of sp³-hybridized carbons (Fsp3) is 0.500. The van der Waals surface area contributed by atoms with Gasteiger partial charge in [0.2, 0.25) is 11.8 Å². The van der Waals surface area contributed by atoms with Gasteiger partial charge in [0.15, 0.2) is 0 Å². The van der Waals surface area contributed by atoms with Crippen molar-refractivity contribution in [1.29, 1.82) is 0 Å². The molecule has 1 fully saturated rings. The summed E-state index contributed by atoms with van der Waals surface area (Å²) in [5, 5.41) is 0.877. The highest BCUT2D eigenvalue weighted by atomic mass is 35.5. The Balaban J connectivity index is 1.62. The molecule has 6 nitrogen and oxygen atoms in total. The minimum absolute atomic E-state index is 0.00331. The van der Waals surface area contributed by atoms with Crippen LogP contribution in [0.3, 0.4) is 0 Å². The number of amides is 1. The molecule has 2 aromatic rings. The van der Waals surface area contributed by atoms with E-state index in [0.717, 1.165) is 30.4 Å². The first-order chi connectivity index (χ1) is 10.3. The normalized spacial score (nSPS) is 18.9. The number of aromatic amines is 1. The van der Waals surface area contributed by atoms with E-state index in [1.165, 1.54) is 6.33 Å². The van der Waals surface area contributed by atoms with E-state index in [0.29, 0.717) is 24.9 Å². The monoisotopic (exact) mass is 308 g/mol. The van der Waals surface area contributed by atoms with Crippen LogP contribution in [0.25, 0.3) is 11.0 Å². The second kappa shape index (κ2) is 6.30. The number of piperidine rings is 1. The second-order valence-corrected chi connectivity index (χ2v) is 5.48. The van der Waals surface area contributed by atoms with E-state index in [4.69, 9.17) is 16.3 Å². The first-order valence-electron chi connectivity index (χ1n) is 7.02. The molecule has 1 aliphatic heterocycles. The number of carbonyl (C=O) groups excluding carboxylic acids is 1. The quantitative estimate of drug-likeness (QED) is 0.875. The first-order valence-corrected chi connectivity index (χ1v) is 7.56. The third kappa shape index (κ3) is 3.10. The number of aromatic nitrogens is 3. The molecule has 3 rings (SSSR count). The minimum atomic E-state index is -0.00331. The molecule has 21 heavy (non-hydrogen) atoms. The van der Waals surface area contributed by atoms with E-state index < -0.39 is 0 Å². The summed E-state index contributed by atoms with van der Waals surface area (Å²) in [5.74, 6) is 0.942. The molecule has 3 heterocycles. The molecular formula is C14H17ClN4O2. The minimum Gasteiger partial charge on any atom is -0.477 e. The zero-order chi connectivity index (χ0) is 14.7. The lowest BCUT2D eigenvalue weighted by Gasteiger charge is -2.32. The van der Waals surface area contributed by atoms with Gasteiger partial charge in [-0.2, -0.15) is 0 Å². The molecule has 0 aromatic carbocycles.